The lowest BCUT2D eigenvalue weighted by atomic mass is 9.77. The molecule has 0 bridgehead atoms. The molecule has 186 valence electrons. The van der Waals surface area contributed by atoms with Crippen LogP contribution in [0.2, 0.25) is 0 Å². The zero-order valence-corrected chi connectivity index (χ0v) is 21.0. The number of hydrogen-bond donors (Lipinski definition) is 0. The third-order valence-electron chi connectivity index (χ3n) is 7.61. The lowest BCUT2D eigenvalue weighted by Gasteiger charge is -2.29. The van der Waals surface area contributed by atoms with Crippen molar-refractivity contribution in [1.82, 2.24) is 9.97 Å². The van der Waals surface area contributed by atoms with Crippen LogP contribution in [0.15, 0.2) is 54.9 Å². The van der Waals surface area contributed by atoms with Crippen molar-refractivity contribution in [1.29, 1.82) is 0 Å². The number of benzene rings is 2. The van der Waals surface area contributed by atoms with Gasteiger partial charge in [0.15, 0.2) is 17.5 Å². The van der Waals surface area contributed by atoms with Gasteiger partial charge in [0.25, 0.3) is 0 Å². The normalized spacial score (nSPS) is 18.0. The Bertz CT molecular complexity index is 1040. The van der Waals surface area contributed by atoms with E-state index in [0.717, 1.165) is 29.2 Å². The highest BCUT2D eigenvalue weighted by atomic mass is 19.2. The highest BCUT2D eigenvalue weighted by molar-refractivity contribution is 5.64. The summed E-state index contributed by atoms with van der Waals surface area (Å²) >= 11 is 0. The van der Waals surface area contributed by atoms with Gasteiger partial charge in [0, 0.05) is 23.5 Å². The maximum atomic E-state index is 13.5. The van der Waals surface area contributed by atoms with Gasteiger partial charge in [-0.2, -0.15) is 0 Å². The average molecular weight is 477 g/mol. The van der Waals surface area contributed by atoms with E-state index in [1.54, 1.807) is 12.4 Å². The van der Waals surface area contributed by atoms with Crippen LogP contribution < -0.4 is 0 Å². The molecule has 1 heterocycles. The zero-order valence-electron chi connectivity index (χ0n) is 21.0. The minimum atomic E-state index is -0.891. The standard InChI is InChI=1S/C31H38F2N2/c1-2-3-4-5-6-7-8-9-23-10-12-24(13-11-23)25-14-16-26(17-15-25)28-21-34-31(35-22-28)27-18-19-29(32)30(33)20-27/h14-24H,2-13H2,1H3. The molecule has 0 unspecified atom stereocenters. The van der Waals surface area contributed by atoms with Crippen molar-refractivity contribution in [3.05, 3.63) is 72.1 Å². The van der Waals surface area contributed by atoms with Gasteiger partial charge in [0.2, 0.25) is 0 Å². The zero-order chi connectivity index (χ0) is 24.5. The first-order chi connectivity index (χ1) is 17.1. The first-order valence-corrected chi connectivity index (χ1v) is 13.5. The van der Waals surface area contributed by atoms with Gasteiger partial charge in [0.05, 0.1) is 0 Å². The number of hydrogen-bond acceptors (Lipinski definition) is 2. The van der Waals surface area contributed by atoms with E-state index in [-0.39, 0.29) is 0 Å². The van der Waals surface area contributed by atoms with Crippen molar-refractivity contribution in [2.45, 2.75) is 89.9 Å². The molecule has 0 N–H and O–H groups in total. The number of halogens is 2. The number of nitrogens with zero attached hydrogens (tertiary/aromatic N) is 2. The Balaban J connectivity index is 1.24. The van der Waals surface area contributed by atoms with Crippen LogP contribution in [-0.4, -0.2) is 9.97 Å². The summed E-state index contributed by atoms with van der Waals surface area (Å²) in [6.07, 6.45) is 20.0. The molecule has 1 fully saturated rings. The molecule has 3 aromatic rings. The maximum absolute atomic E-state index is 13.5. The van der Waals surface area contributed by atoms with Crippen molar-refractivity contribution in [3.8, 4) is 22.5 Å². The van der Waals surface area contributed by atoms with Crippen LogP contribution in [-0.2, 0) is 0 Å². The number of aromatic nitrogens is 2. The molecule has 4 rings (SSSR count). The highest BCUT2D eigenvalue weighted by Gasteiger charge is 2.22. The Hall–Kier alpha value is -2.62. The maximum Gasteiger partial charge on any atom is 0.159 e. The number of rotatable bonds is 11. The fraction of sp³-hybridized carbons (Fsp3) is 0.484. The molecule has 1 aliphatic carbocycles. The molecule has 1 aliphatic rings. The summed E-state index contributed by atoms with van der Waals surface area (Å²) in [7, 11) is 0. The van der Waals surface area contributed by atoms with Gasteiger partial charge in [0.1, 0.15) is 0 Å². The van der Waals surface area contributed by atoms with Gasteiger partial charge >= 0.3 is 0 Å². The topological polar surface area (TPSA) is 25.8 Å². The predicted molar refractivity (Wildman–Crippen MR) is 140 cm³/mol. The third-order valence-corrected chi connectivity index (χ3v) is 7.61. The second kappa shape index (κ2) is 12.9. The van der Waals surface area contributed by atoms with E-state index in [4.69, 9.17) is 0 Å². The van der Waals surface area contributed by atoms with Crippen LogP contribution in [0.3, 0.4) is 0 Å². The largest absolute Gasteiger partial charge is 0.236 e. The van der Waals surface area contributed by atoms with Crippen LogP contribution in [0, 0.1) is 17.6 Å². The summed E-state index contributed by atoms with van der Waals surface area (Å²) in [5, 5.41) is 0. The van der Waals surface area contributed by atoms with Gasteiger partial charge in [-0.05, 0) is 66.8 Å². The summed E-state index contributed by atoms with van der Waals surface area (Å²) in [5.74, 6) is 0.218. The molecule has 4 heteroatoms. The third kappa shape index (κ3) is 7.19. The molecule has 0 radical (unpaired) electrons. The highest BCUT2D eigenvalue weighted by Crippen LogP contribution is 2.38. The van der Waals surface area contributed by atoms with Crippen LogP contribution in [0.25, 0.3) is 22.5 Å². The minimum absolute atomic E-state index is 0.387. The van der Waals surface area contributed by atoms with Crippen LogP contribution >= 0.6 is 0 Å². The van der Waals surface area contributed by atoms with Crippen molar-refractivity contribution >= 4 is 0 Å². The Morgan fingerprint density at radius 3 is 1.97 bits per heavy atom. The van der Waals surface area contributed by atoms with Crippen molar-refractivity contribution in [2.24, 2.45) is 5.92 Å². The molecular weight excluding hydrogens is 438 g/mol. The van der Waals surface area contributed by atoms with E-state index in [1.165, 1.54) is 88.7 Å². The Morgan fingerprint density at radius 1 is 0.686 bits per heavy atom. The molecule has 0 atom stereocenters. The summed E-state index contributed by atoms with van der Waals surface area (Å²) in [6.45, 7) is 2.28. The van der Waals surface area contributed by atoms with E-state index in [9.17, 15) is 8.78 Å². The van der Waals surface area contributed by atoms with Gasteiger partial charge in [-0.1, -0.05) is 82.6 Å². The molecule has 0 amide bonds. The molecule has 0 aliphatic heterocycles. The van der Waals surface area contributed by atoms with Crippen LogP contribution in [0.5, 0.6) is 0 Å². The summed E-state index contributed by atoms with van der Waals surface area (Å²) < 4.78 is 26.7. The lowest BCUT2D eigenvalue weighted by Crippen LogP contribution is -2.13. The van der Waals surface area contributed by atoms with E-state index in [1.807, 2.05) is 0 Å². The predicted octanol–water partition coefficient (Wildman–Crippen LogP) is 9.50. The fourth-order valence-corrected chi connectivity index (χ4v) is 5.38. The summed E-state index contributed by atoms with van der Waals surface area (Å²) in [6, 6.07) is 12.5. The van der Waals surface area contributed by atoms with E-state index in [2.05, 4.69) is 41.2 Å². The molecule has 35 heavy (non-hydrogen) atoms. The van der Waals surface area contributed by atoms with Crippen molar-refractivity contribution in [2.75, 3.05) is 0 Å². The Kier molecular flexibility index (Phi) is 9.39. The SMILES string of the molecule is CCCCCCCCCC1CCC(c2ccc(-c3cnc(-c4ccc(F)c(F)c4)nc3)cc2)CC1. The molecule has 1 saturated carbocycles. The van der Waals surface area contributed by atoms with E-state index < -0.39 is 11.6 Å². The van der Waals surface area contributed by atoms with E-state index in [0.29, 0.717) is 17.3 Å². The van der Waals surface area contributed by atoms with Crippen molar-refractivity contribution in [3.63, 3.8) is 0 Å². The number of unbranched alkanes of at least 4 members (excludes halogenated alkanes) is 6. The Morgan fingerprint density at radius 2 is 1.31 bits per heavy atom. The summed E-state index contributed by atoms with van der Waals surface area (Å²) in [5.41, 5.74) is 3.88. The molecule has 2 nitrogen and oxygen atoms in total. The first-order valence-electron chi connectivity index (χ1n) is 13.5. The van der Waals surface area contributed by atoms with Crippen LogP contribution in [0.4, 0.5) is 8.78 Å². The van der Waals surface area contributed by atoms with Gasteiger partial charge in [-0.3, -0.25) is 0 Å². The van der Waals surface area contributed by atoms with Gasteiger partial charge < -0.3 is 0 Å². The monoisotopic (exact) mass is 476 g/mol. The lowest BCUT2D eigenvalue weighted by molar-refractivity contribution is 0.302. The molecule has 0 spiro atoms. The van der Waals surface area contributed by atoms with Crippen molar-refractivity contribution < 1.29 is 8.78 Å². The smallest absolute Gasteiger partial charge is 0.159 e. The second-order valence-electron chi connectivity index (χ2n) is 10.2. The van der Waals surface area contributed by atoms with E-state index >= 15 is 0 Å². The van der Waals surface area contributed by atoms with Gasteiger partial charge in [-0.25, -0.2) is 18.7 Å². The Labute approximate surface area is 209 Å². The average Bonchev–Trinajstić information content (AvgIpc) is 2.90. The molecule has 1 aromatic heterocycles. The first kappa shape index (κ1) is 25.5. The minimum Gasteiger partial charge on any atom is -0.236 e. The molecular formula is C31H38F2N2. The van der Waals surface area contributed by atoms with Gasteiger partial charge in [-0.15, -0.1) is 0 Å². The summed E-state index contributed by atoms with van der Waals surface area (Å²) in [4.78, 5) is 8.73. The fourth-order valence-electron chi connectivity index (χ4n) is 5.38. The second-order valence-corrected chi connectivity index (χ2v) is 10.2. The molecule has 2 aromatic carbocycles. The molecule has 0 saturated heterocycles. The quantitative estimate of drug-likeness (QED) is 0.258. The van der Waals surface area contributed by atoms with Crippen LogP contribution in [0.1, 0.15) is 95.5 Å².